The number of hydrogen-bond donors (Lipinski definition) is 0. The Balaban J connectivity index is 1.64. The maximum atomic E-state index is 12.1. The summed E-state index contributed by atoms with van der Waals surface area (Å²) in [6.07, 6.45) is 5.97. The maximum Gasteiger partial charge on any atom is 0.248 e. The Bertz CT molecular complexity index is 553. The fourth-order valence-electron chi connectivity index (χ4n) is 3.82. The first-order chi connectivity index (χ1) is 11.7. The first kappa shape index (κ1) is 17.4. The van der Waals surface area contributed by atoms with Crippen molar-refractivity contribution in [3.05, 3.63) is 11.6 Å². The summed E-state index contributed by atoms with van der Waals surface area (Å²) in [6, 6.07) is 0. The highest BCUT2D eigenvalue weighted by atomic mass is 16.5. The van der Waals surface area contributed by atoms with Gasteiger partial charge in [0.15, 0.2) is 0 Å². The van der Waals surface area contributed by atoms with Crippen molar-refractivity contribution in [2.75, 3.05) is 39.9 Å². The zero-order chi connectivity index (χ0) is 16.9. The van der Waals surface area contributed by atoms with E-state index >= 15 is 0 Å². The Hall–Kier alpha value is -1.47. The molecule has 1 atom stereocenters. The van der Waals surface area contributed by atoms with E-state index in [-0.39, 0.29) is 18.4 Å². The third kappa shape index (κ3) is 3.95. The van der Waals surface area contributed by atoms with E-state index in [1.165, 1.54) is 19.3 Å². The Morgan fingerprint density at radius 1 is 1.17 bits per heavy atom. The molecule has 0 saturated carbocycles. The number of rotatable bonds is 5. The van der Waals surface area contributed by atoms with Crippen LogP contribution in [0.3, 0.4) is 0 Å². The van der Waals surface area contributed by atoms with Gasteiger partial charge in [0.2, 0.25) is 5.91 Å². The second-order valence-corrected chi connectivity index (χ2v) is 6.98. The topological polar surface area (TPSA) is 63.5 Å². The number of carbonyl (C=O) groups excluding carboxylic acids is 1. The van der Waals surface area contributed by atoms with Gasteiger partial charge in [-0.05, 0) is 38.8 Å². The van der Waals surface area contributed by atoms with Crippen LogP contribution in [0, 0.1) is 0 Å². The van der Waals surface area contributed by atoms with E-state index in [0.29, 0.717) is 0 Å². The van der Waals surface area contributed by atoms with Crippen LogP contribution in [0.15, 0.2) is 0 Å². The molecule has 3 rings (SSSR count). The number of methoxy groups -OCH3 is 1. The molecule has 134 valence electrons. The van der Waals surface area contributed by atoms with Gasteiger partial charge in [0.1, 0.15) is 18.3 Å². The van der Waals surface area contributed by atoms with Crippen molar-refractivity contribution in [2.45, 2.75) is 44.6 Å². The minimum atomic E-state index is 0.0675. The molecule has 0 radical (unpaired) electrons. The fraction of sp³-hybridized carbons (Fsp3) is 0.824. The van der Waals surface area contributed by atoms with Crippen LogP contribution in [0.1, 0.15) is 49.7 Å². The van der Waals surface area contributed by atoms with Gasteiger partial charge in [-0.25, -0.2) is 0 Å². The third-order valence-corrected chi connectivity index (χ3v) is 5.22. The minimum Gasteiger partial charge on any atom is -0.375 e. The quantitative estimate of drug-likeness (QED) is 0.808. The summed E-state index contributed by atoms with van der Waals surface area (Å²) in [5.41, 5.74) is 0. The van der Waals surface area contributed by atoms with Gasteiger partial charge in [0.25, 0.3) is 0 Å². The fourth-order valence-corrected chi connectivity index (χ4v) is 3.82. The molecule has 0 N–H and O–H groups in total. The first-order valence-electron chi connectivity index (χ1n) is 9.06. The van der Waals surface area contributed by atoms with Crippen LogP contribution >= 0.6 is 0 Å². The number of piperidine rings is 2. The van der Waals surface area contributed by atoms with Gasteiger partial charge in [-0.2, -0.15) is 0 Å². The predicted molar refractivity (Wildman–Crippen MR) is 90.6 cm³/mol. The number of hydrogen-bond acceptors (Lipinski definition) is 5. The standard InChI is InChI=1S/C17H29N5O2/c1-20-15(12-21-8-4-3-5-9-21)18-19-17(20)14-7-6-10-22(11-14)16(23)13-24-2/h14H,3-13H2,1-2H3/t14-/m0/s1. The SMILES string of the molecule is COCC(=O)N1CCC[C@H](c2nnc(CN3CCCCC3)n2C)C1. The smallest absolute Gasteiger partial charge is 0.248 e. The Morgan fingerprint density at radius 2 is 1.96 bits per heavy atom. The molecule has 2 aliphatic heterocycles. The Kier molecular flexibility index (Phi) is 5.84. The third-order valence-electron chi connectivity index (χ3n) is 5.22. The van der Waals surface area contributed by atoms with Crippen molar-refractivity contribution >= 4 is 5.91 Å². The summed E-state index contributed by atoms with van der Waals surface area (Å²) >= 11 is 0. The lowest BCUT2D eigenvalue weighted by molar-refractivity contribution is -0.136. The number of amides is 1. The highest BCUT2D eigenvalue weighted by Gasteiger charge is 2.28. The second-order valence-electron chi connectivity index (χ2n) is 6.98. The van der Waals surface area contributed by atoms with Crippen LogP contribution in [0.5, 0.6) is 0 Å². The highest BCUT2D eigenvalue weighted by molar-refractivity contribution is 5.77. The molecule has 0 unspecified atom stereocenters. The van der Waals surface area contributed by atoms with Crippen LogP contribution in [-0.2, 0) is 23.1 Å². The van der Waals surface area contributed by atoms with Gasteiger partial charge >= 0.3 is 0 Å². The molecule has 24 heavy (non-hydrogen) atoms. The van der Waals surface area contributed by atoms with Crippen LogP contribution < -0.4 is 0 Å². The summed E-state index contributed by atoms with van der Waals surface area (Å²) in [5.74, 6) is 2.38. The zero-order valence-electron chi connectivity index (χ0n) is 14.9. The molecule has 2 fully saturated rings. The Morgan fingerprint density at radius 3 is 2.71 bits per heavy atom. The van der Waals surface area contributed by atoms with Crippen LogP contribution in [0.2, 0.25) is 0 Å². The van der Waals surface area contributed by atoms with E-state index in [4.69, 9.17) is 4.74 Å². The van der Waals surface area contributed by atoms with Gasteiger partial charge in [-0.15, -0.1) is 10.2 Å². The lowest BCUT2D eigenvalue weighted by atomic mass is 9.97. The number of likely N-dealkylation sites (tertiary alicyclic amines) is 2. The van der Waals surface area contributed by atoms with Crippen molar-refractivity contribution in [1.29, 1.82) is 0 Å². The van der Waals surface area contributed by atoms with E-state index in [1.807, 2.05) is 4.90 Å². The van der Waals surface area contributed by atoms with E-state index in [0.717, 1.165) is 57.2 Å². The van der Waals surface area contributed by atoms with Crippen LogP contribution in [0.25, 0.3) is 0 Å². The van der Waals surface area contributed by atoms with Gasteiger partial charge in [0, 0.05) is 33.2 Å². The average Bonchev–Trinajstić information content (AvgIpc) is 2.97. The molecule has 0 aromatic carbocycles. The molecule has 1 aromatic rings. The van der Waals surface area contributed by atoms with Gasteiger partial charge in [-0.1, -0.05) is 6.42 Å². The average molecular weight is 335 g/mol. The molecule has 0 spiro atoms. The number of carbonyl (C=O) groups is 1. The summed E-state index contributed by atoms with van der Waals surface area (Å²) < 4.78 is 7.12. The lowest BCUT2D eigenvalue weighted by Gasteiger charge is -2.32. The summed E-state index contributed by atoms with van der Waals surface area (Å²) in [7, 11) is 3.62. The molecule has 2 aliphatic rings. The van der Waals surface area contributed by atoms with Crippen molar-refractivity contribution in [1.82, 2.24) is 24.6 Å². The lowest BCUT2D eigenvalue weighted by Crippen LogP contribution is -2.41. The van der Waals surface area contributed by atoms with E-state index in [9.17, 15) is 4.79 Å². The zero-order valence-corrected chi connectivity index (χ0v) is 14.9. The molecule has 1 aromatic heterocycles. The molecule has 2 saturated heterocycles. The highest BCUT2D eigenvalue weighted by Crippen LogP contribution is 2.26. The van der Waals surface area contributed by atoms with Crippen LogP contribution in [-0.4, -0.2) is 70.4 Å². The van der Waals surface area contributed by atoms with Gasteiger partial charge in [-0.3, -0.25) is 9.69 Å². The Labute approximate surface area is 144 Å². The van der Waals surface area contributed by atoms with E-state index < -0.39 is 0 Å². The molecule has 0 aliphatic carbocycles. The normalized spacial score (nSPS) is 22.8. The second kappa shape index (κ2) is 8.07. The summed E-state index contributed by atoms with van der Waals surface area (Å²) in [4.78, 5) is 16.4. The molecule has 7 nitrogen and oxygen atoms in total. The number of ether oxygens (including phenoxy) is 1. The van der Waals surface area contributed by atoms with Crippen molar-refractivity contribution < 1.29 is 9.53 Å². The summed E-state index contributed by atoms with van der Waals surface area (Å²) in [6.45, 7) is 4.89. The largest absolute Gasteiger partial charge is 0.375 e. The van der Waals surface area contributed by atoms with Crippen molar-refractivity contribution in [3.63, 3.8) is 0 Å². The molecule has 7 heteroatoms. The van der Waals surface area contributed by atoms with E-state index in [1.54, 1.807) is 7.11 Å². The van der Waals surface area contributed by atoms with Crippen molar-refractivity contribution in [3.8, 4) is 0 Å². The van der Waals surface area contributed by atoms with Gasteiger partial charge in [0.05, 0.1) is 6.54 Å². The predicted octanol–water partition coefficient (Wildman–Crippen LogP) is 1.15. The first-order valence-corrected chi connectivity index (χ1v) is 9.06. The van der Waals surface area contributed by atoms with Crippen LogP contribution in [0.4, 0.5) is 0 Å². The molecular weight excluding hydrogens is 306 g/mol. The molecule has 0 bridgehead atoms. The summed E-state index contributed by atoms with van der Waals surface area (Å²) in [5, 5.41) is 8.90. The number of nitrogens with zero attached hydrogens (tertiary/aromatic N) is 5. The van der Waals surface area contributed by atoms with Gasteiger partial charge < -0.3 is 14.2 Å². The van der Waals surface area contributed by atoms with E-state index in [2.05, 4.69) is 26.7 Å². The molecular formula is C17H29N5O2. The van der Waals surface area contributed by atoms with Crippen molar-refractivity contribution in [2.24, 2.45) is 7.05 Å². The molecule has 3 heterocycles. The monoisotopic (exact) mass is 335 g/mol. The minimum absolute atomic E-state index is 0.0675. The molecule has 1 amide bonds. The number of aromatic nitrogens is 3. The maximum absolute atomic E-state index is 12.1.